The first-order chi connectivity index (χ1) is 9.11. The third kappa shape index (κ3) is 3.12. The molecule has 0 aromatic carbocycles. The first-order valence-corrected chi connectivity index (χ1v) is 6.66. The fourth-order valence-electron chi connectivity index (χ4n) is 2.67. The quantitative estimate of drug-likeness (QED) is 0.474. The normalized spacial score (nSPS) is 17.7. The topological polar surface area (TPSA) is 78.7 Å². The molecule has 1 atom stereocenters. The Bertz CT molecular complexity index is 532. The van der Waals surface area contributed by atoms with Gasteiger partial charge in [0.15, 0.2) is 0 Å². The molecule has 0 radical (unpaired) electrons. The van der Waals surface area contributed by atoms with Crippen LogP contribution in [0.5, 0.6) is 0 Å². The molecule has 1 aromatic rings. The molecule has 5 heteroatoms. The molecule has 0 aliphatic heterocycles. The monoisotopic (exact) mass is 258 g/mol. The Balaban J connectivity index is 2.27. The van der Waals surface area contributed by atoms with Crippen LogP contribution in [0.25, 0.3) is 10.4 Å². The van der Waals surface area contributed by atoms with E-state index in [4.69, 9.17) is 5.53 Å². The van der Waals surface area contributed by atoms with Gasteiger partial charge in [-0.25, -0.2) is 0 Å². The maximum absolute atomic E-state index is 11.7. The van der Waals surface area contributed by atoms with E-state index in [0.717, 1.165) is 25.0 Å². The first-order valence-electron chi connectivity index (χ1n) is 6.66. The molecule has 0 N–H and O–H groups in total. The molecule has 1 aromatic heterocycles. The van der Waals surface area contributed by atoms with Gasteiger partial charge in [-0.1, -0.05) is 13.8 Å². The Morgan fingerprint density at radius 3 is 3.11 bits per heavy atom. The molecule has 19 heavy (non-hydrogen) atoms. The minimum absolute atomic E-state index is 0.182. The van der Waals surface area contributed by atoms with Crippen molar-refractivity contribution in [3.8, 4) is 0 Å². The van der Waals surface area contributed by atoms with Crippen LogP contribution >= 0.6 is 0 Å². The predicted molar refractivity (Wildman–Crippen MR) is 72.4 cm³/mol. The smallest absolute Gasteiger partial charge is 0.222 e. The van der Waals surface area contributed by atoms with Gasteiger partial charge in [0.25, 0.3) is 0 Å². The van der Waals surface area contributed by atoms with Crippen molar-refractivity contribution in [2.24, 2.45) is 17.0 Å². The number of carbonyl (C=O) groups excluding carboxylic acids is 1. The molecule has 0 fully saturated rings. The molecule has 1 amide bonds. The molecular weight excluding hydrogens is 240 g/mol. The van der Waals surface area contributed by atoms with E-state index >= 15 is 0 Å². The first kappa shape index (κ1) is 13.6. The van der Waals surface area contributed by atoms with E-state index in [9.17, 15) is 4.79 Å². The summed E-state index contributed by atoms with van der Waals surface area (Å²) in [6.07, 6.45) is 5.02. The Morgan fingerprint density at radius 2 is 2.42 bits per heavy atom. The van der Waals surface area contributed by atoms with Crippen LogP contribution < -0.4 is 0 Å². The van der Waals surface area contributed by atoms with Gasteiger partial charge < -0.3 is 0 Å². The second kappa shape index (κ2) is 5.85. The lowest BCUT2D eigenvalue weighted by molar-refractivity contribution is -0.122. The van der Waals surface area contributed by atoms with Crippen molar-refractivity contribution in [2.75, 3.05) is 0 Å². The molecule has 1 unspecified atom stereocenters. The number of rotatable bonds is 3. The van der Waals surface area contributed by atoms with Crippen LogP contribution in [0.1, 0.15) is 37.1 Å². The molecule has 5 nitrogen and oxygen atoms in total. The maximum Gasteiger partial charge on any atom is 0.222 e. The van der Waals surface area contributed by atoms with Crippen LogP contribution in [-0.4, -0.2) is 10.9 Å². The predicted octanol–water partition coefficient (Wildman–Crippen LogP) is 3.22. The lowest BCUT2D eigenvalue weighted by Gasteiger charge is -2.24. The summed E-state index contributed by atoms with van der Waals surface area (Å²) in [5.74, 6) is 0.0470. The number of hydrogen-bond acceptors (Lipinski definition) is 2. The molecule has 2 rings (SSSR count). The summed E-state index contributed by atoms with van der Waals surface area (Å²) in [6, 6.07) is 2.04. The average molecular weight is 258 g/mol. The minimum atomic E-state index is -0.340. The highest BCUT2D eigenvalue weighted by molar-refractivity contribution is 5.80. The van der Waals surface area contributed by atoms with Gasteiger partial charge in [0.2, 0.25) is 5.91 Å². The Morgan fingerprint density at radius 1 is 1.63 bits per heavy atom. The number of aryl methyl sites for hydroxylation is 1. The van der Waals surface area contributed by atoms with Gasteiger partial charge in [-0.15, -0.1) is 0 Å². The number of aromatic nitrogens is 1. The Labute approximate surface area is 112 Å². The lowest BCUT2D eigenvalue weighted by Crippen LogP contribution is -2.23. The number of amides is 1. The van der Waals surface area contributed by atoms with Gasteiger partial charge in [-0.05, 0) is 59.4 Å². The van der Waals surface area contributed by atoms with Crippen molar-refractivity contribution in [1.82, 2.24) is 4.98 Å². The average Bonchev–Trinajstić information content (AvgIpc) is 2.38. The van der Waals surface area contributed by atoms with Gasteiger partial charge in [0, 0.05) is 22.7 Å². The van der Waals surface area contributed by atoms with Crippen molar-refractivity contribution in [1.29, 1.82) is 0 Å². The number of fused-ring (bicyclic) bond motifs is 1. The van der Waals surface area contributed by atoms with E-state index in [1.807, 2.05) is 12.3 Å². The Kier molecular flexibility index (Phi) is 4.17. The van der Waals surface area contributed by atoms with Gasteiger partial charge >= 0.3 is 0 Å². The van der Waals surface area contributed by atoms with Crippen LogP contribution in [0, 0.1) is 11.8 Å². The zero-order valence-electron chi connectivity index (χ0n) is 11.3. The molecule has 1 heterocycles. The summed E-state index contributed by atoms with van der Waals surface area (Å²) in [5, 5.41) is 3.23. The molecule has 0 saturated carbocycles. The SMILES string of the molecule is CC(C)Cc1ccnc2c1CC(C(=O)N=[N+]=[N-])CC2. The maximum atomic E-state index is 11.7. The van der Waals surface area contributed by atoms with Gasteiger partial charge in [-0.2, -0.15) is 0 Å². The van der Waals surface area contributed by atoms with Gasteiger partial charge in [0.05, 0.1) is 0 Å². The van der Waals surface area contributed by atoms with E-state index in [2.05, 4.69) is 28.9 Å². The van der Waals surface area contributed by atoms with Gasteiger partial charge in [0.1, 0.15) is 0 Å². The van der Waals surface area contributed by atoms with Crippen molar-refractivity contribution in [3.63, 3.8) is 0 Å². The number of azide groups is 1. The number of hydrogen-bond donors (Lipinski definition) is 0. The molecule has 0 spiro atoms. The van der Waals surface area contributed by atoms with Crippen LogP contribution in [0.2, 0.25) is 0 Å². The molecule has 1 aliphatic rings. The largest absolute Gasteiger partial charge is 0.292 e. The van der Waals surface area contributed by atoms with Gasteiger partial charge in [-0.3, -0.25) is 9.78 Å². The van der Waals surface area contributed by atoms with Crippen LogP contribution in [-0.2, 0) is 24.1 Å². The highest BCUT2D eigenvalue weighted by atomic mass is 16.1. The van der Waals surface area contributed by atoms with E-state index in [0.29, 0.717) is 12.3 Å². The van der Waals surface area contributed by atoms with Crippen molar-refractivity contribution in [3.05, 3.63) is 39.5 Å². The summed E-state index contributed by atoms with van der Waals surface area (Å²) in [4.78, 5) is 18.7. The summed E-state index contributed by atoms with van der Waals surface area (Å²) in [5.41, 5.74) is 11.9. The van der Waals surface area contributed by atoms with E-state index in [-0.39, 0.29) is 11.8 Å². The highest BCUT2D eigenvalue weighted by Gasteiger charge is 2.26. The van der Waals surface area contributed by atoms with Crippen LogP contribution in [0.3, 0.4) is 0 Å². The molecule has 0 bridgehead atoms. The molecule has 1 aliphatic carbocycles. The second-order valence-corrected chi connectivity index (χ2v) is 5.46. The number of carbonyl (C=O) groups is 1. The van der Waals surface area contributed by atoms with E-state index in [1.165, 1.54) is 11.1 Å². The molecule has 0 saturated heterocycles. The van der Waals surface area contributed by atoms with Crippen LogP contribution in [0.15, 0.2) is 17.4 Å². The summed E-state index contributed by atoms with van der Waals surface area (Å²) in [7, 11) is 0. The molecule has 100 valence electrons. The zero-order chi connectivity index (χ0) is 13.8. The summed E-state index contributed by atoms with van der Waals surface area (Å²) < 4.78 is 0. The van der Waals surface area contributed by atoms with Crippen molar-refractivity contribution < 1.29 is 4.79 Å². The van der Waals surface area contributed by atoms with Crippen LogP contribution in [0.4, 0.5) is 0 Å². The fraction of sp³-hybridized carbons (Fsp3) is 0.571. The second-order valence-electron chi connectivity index (χ2n) is 5.46. The lowest BCUT2D eigenvalue weighted by atomic mass is 9.82. The molecular formula is C14H18N4O. The van der Waals surface area contributed by atoms with E-state index in [1.54, 1.807) is 0 Å². The zero-order valence-corrected chi connectivity index (χ0v) is 11.3. The van der Waals surface area contributed by atoms with Crippen molar-refractivity contribution in [2.45, 2.75) is 39.5 Å². The summed E-state index contributed by atoms with van der Waals surface area (Å²) in [6.45, 7) is 4.36. The summed E-state index contributed by atoms with van der Waals surface area (Å²) >= 11 is 0. The van der Waals surface area contributed by atoms with E-state index < -0.39 is 0 Å². The highest BCUT2D eigenvalue weighted by Crippen LogP contribution is 2.28. The standard InChI is InChI=1S/C14H18N4O/c1-9(2)7-10-5-6-16-13-4-3-11(8-12(10)13)14(19)17-18-15/h5-6,9,11H,3-4,7-8H2,1-2H3. The van der Waals surface area contributed by atoms with Crippen molar-refractivity contribution >= 4 is 5.91 Å². The number of pyridine rings is 1. The fourth-order valence-corrected chi connectivity index (χ4v) is 2.67. The number of nitrogens with zero attached hydrogens (tertiary/aromatic N) is 4. The third-order valence-electron chi connectivity index (χ3n) is 3.54. The minimum Gasteiger partial charge on any atom is -0.292 e. The Hall–Kier alpha value is -1.87. The third-order valence-corrected chi connectivity index (χ3v) is 3.54.